The Kier molecular flexibility index (Phi) is 5.99. The van der Waals surface area contributed by atoms with Gasteiger partial charge in [-0.1, -0.05) is 12.1 Å². The Hall–Kier alpha value is -4.15. The third-order valence-electron chi connectivity index (χ3n) is 6.22. The number of aliphatic imine (C=N–C) groups is 2. The highest BCUT2D eigenvalue weighted by Crippen LogP contribution is 2.33. The number of carbonyl (C=O) groups is 1. The second-order valence-electron chi connectivity index (χ2n) is 8.48. The Morgan fingerprint density at radius 1 is 1.03 bits per heavy atom. The van der Waals surface area contributed by atoms with Gasteiger partial charge in [-0.15, -0.1) is 0 Å². The largest absolute Gasteiger partial charge is 0.416 e. The van der Waals surface area contributed by atoms with Gasteiger partial charge in [-0.25, -0.2) is 9.79 Å². The number of amides is 2. The average molecular weight is 496 g/mol. The SMILES string of the molecule is CCn1cc(-c2cccc(N3CCN(c4ccc(C(F)(F)F)cc4)C3=O)c2)c(C2=NC(N)=NCC2)n1. The van der Waals surface area contributed by atoms with Crippen LogP contribution in [0.4, 0.5) is 29.3 Å². The number of halogens is 3. The van der Waals surface area contributed by atoms with Gasteiger partial charge in [-0.3, -0.25) is 19.5 Å². The van der Waals surface area contributed by atoms with E-state index in [1.807, 2.05) is 42.1 Å². The van der Waals surface area contributed by atoms with Crippen LogP contribution in [0.1, 0.15) is 24.6 Å². The highest BCUT2D eigenvalue weighted by atomic mass is 19.4. The summed E-state index contributed by atoms with van der Waals surface area (Å²) in [4.78, 5) is 24.8. The Labute approximate surface area is 205 Å². The Bertz CT molecular complexity index is 1360. The zero-order valence-corrected chi connectivity index (χ0v) is 19.5. The van der Waals surface area contributed by atoms with E-state index in [2.05, 4.69) is 15.1 Å². The third-order valence-corrected chi connectivity index (χ3v) is 6.22. The monoisotopic (exact) mass is 495 g/mol. The van der Waals surface area contributed by atoms with Gasteiger partial charge in [-0.05, 0) is 48.9 Å². The van der Waals surface area contributed by atoms with E-state index in [1.54, 1.807) is 4.90 Å². The number of hydrogen-bond donors (Lipinski definition) is 1. The Balaban J connectivity index is 1.43. The van der Waals surface area contributed by atoms with E-state index < -0.39 is 11.7 Å². The Morgan fingerprint density at radius 2 is 1.75 bits per heavy atom. The summed E-state index contributed by atoms with van der Waals surface area (Å²) in [6, 6.07) is 11.9. The minimum atomic E-state index is -4.42. The molecule has 0 aliphatic carbocycles. The van der Waals surface area contributed by atoms with Crippen LogP contribution in [0.5, 0.6) is 0 Å². The zero-order chi connectivity index (χ0) is 25.4. The molecule has 2 aromatic carbocycles. The summed E-state index contributed by atoms with van der Waals surface area (Å²) in [5.74, 6) is 0.230. The third kappa shape index (κ3) is 4.43. The number of nitrogens with zero attached hydrogens (tertiary/aromatic N) is 6. The van der Waals surface area contributed by atoms with E-state index in [0.717, 1.165) is 34.7 Å². The number of carbonyl (C=O) groups excluding carboxylic acids is 1. The molecular formula is C25H24F3N7O. The molecule has 0 saturated carbocycles. The summed E-state index contributed by atoms with van der Waals surface area (Å²) in [5.41, 5.74) is 9.42. The van der Waals surface area contributed by atoms with Crippen LogP contribution >= 0.6 is 0 Å². The molecule has 11 heteroatoms. The molecule has 36 heavy (non-hydrogen) atoms. The standard InChI is InChI=1S/C25H24F3N7O/c1-2-33-15-20(22(32-33)21-10-11-30-23(29)31-21)16-4-3-5-19(14-16)35-13-12-34(24(35)36)18-8-6-17(7-9-18)25(26,27)28/h3-9,14-15H,2,10-13H2,1H3,(H2,29,30). The topological polar surface area (TPSA) is 92.1 Å². The van der Waals surface area contributed by atoms with Crippen LogP contribution in [0.3, 0.4) is 0 Å². The number of benzene rings is 2. The molecular weight excluding hydrogens is 471 g/mol. The van der Waals surface area contributed by atoms with Gasteiger partial charge in [0.25, 0.3) is 0 Å². The summed E-state index contributed by atoms with van der Waals surface area (Å²) >= 11 is 0. The summed E-state index contributed by atoms with van der Waals surface area (Å²) in [7, 11) is 0. The number of hydrogen-bond acceptors (Lipinski definition) is 5. The van der Waals surface area contributed by atoms with E-state index in [-0.39, 0.29) is 12.0 Å². The molecule has 3 aromatic rings. The minimum absolute atomic E-state index is 0.230. The number of aromatic nitrogens is 2. The van der Waals surface area contributed by atoms with Crippen molar-refractivity contribution in [2.24, 2.45) is 15.7 Å². The second kappa shape index (κ2) is 9.14. The molecule has 8 nitrogen and oxygen atoms in total. The van der Waals surface area contributed by atoms with Gasteiger partial charge in [0.05, 0.1) is 11.3 Å². The molecule has 1 fully saturated rings. The molecule has 0 bridgehead atoms. The van der Waals surface area contributed by atoms with Crippen LogP contribution in [0.2, 0.25) is 0 Å². The molecule has 1 saturated heterocycles. The van der Waals surface area contributed by atoms with E-state index in [4.69, 9.17) is 5.73 Å². The second-order valence-corrected chi connectivity index (χ2v) is 8.48. The molecule has 2 amide bonds. The predicted octanol–water partition coefficient (Wildman–Crippen LogP) is 4.54. The molecule has 2 aliphatic rings. The van der Waals surface area contributed by atoms with Crippen LogP contribution < -0.4 is 15.5 Å². The van der Waals surface area contributed by atoms with Crippen LogP contribution in [0.15, 0.2) is 64.7 Å². The van der Waals surface area contributed by atoms with E-state index in [9.17, 15) is 18.0 Å². The summed E-state index contributed by atoms with van der Waals surface area (Å²) in [6.07, 6.45) is -1.85. The maximum atomic E-state index is 13.2. The van der Waals surface area contributed by atoms with Crippen molar-refractivity contribution >= 4 is 29.1 Å². The predicted molar refractivity (Wildman–Crippen MR) is 133 cm³/mol. The number of alkyl halides is 3. The fourth-order valence-corrected chi connectivity index (χ4v) is 4.37. The molecule has 2 aliphatic heterocycles. The van der Waals surface area contributed by atoms with Crippen molar-refractivity contribution in [2.75, 3.05) is 29.4 Å². The van der Waals surface area contributed by atoms with Gasteiger partial charge in [0, 0.05) is 55.7 Å². The van der Waals surface area contributed by atoms with Gasteiger partial charge in [0.2, 0.25) is 5.96 Å². The van der Waals surface area contributed by atoms with Gasteiger partial charge in [0.1, 0.15) is 5.69 Å². The van der Waals surface area contributed by atoms with E-state index in [1.165, 1.54) is 17.0 Å². The van der Waals surface area contributed by atoms with Crippen molar-refractivity contribution < 1.29 is 18.0 Å². The molecule has 186 valence electrons. The van der Waals surface area contributed by atoms with Crippen molar-refractivity contribution in [3.05, 3.63) is 66.0 Å². The van der Waals surface area contributed by atoms with Crippen LogP contribution in [-0.2, 0) is 12.7 Å². The molecule has 0 atom stereocenters. The fraction of sp³-hybridized carbons (Fsp3) is 0.280. The first-order valence-corrected chi connectivity index (χ1v) is 11.6. The minimum Gasteiger partial charge on any atom is -0.368 e. The molecule has 1 aromatic heterocycles. The lowest BCUT2D eigenvalue weighted by atomic mass is 10.0. The quantitative estimate of drug-likeness (QED) is 0.563. The lowest BCUT2D eigenvalue weighted by Crippen LogP contribution is -2.31. The van der Waals surface area contributed by atoms with Crippen molar-refractivity contribution in [3.63, 3.8) is 0 Å². The van der Waals surface area contributed by atoms with Crippen LogP contribution in [0, 0.1) is 0 Å². The van der Waals surface area contributed by atoms with Crippen molar-refractivity contribution in [1.29, 1.82) is 0 Å². The smallest absolute Gasteiger partial charge is 0.368 e. The summed E-state index contributed by atoms with van der Waals surface area (Å²) in [6.45, 7) is 3.99. The van der Waals surface area contributed by atoms with E-state index >= 15 is 0 Å². The van der Waals surface area contributed by atoms with Crippen LogP contribution in [0.25, 0.3) is 11.1 Å². The number of aryl methyl sites for hydroxylation is 1. The molecule has 2 N–H and O–H groups in total. The summed E-state index contributed by atoms with van der Waals surface area (Å²) < 4.78 is 40.6. The molecule has 0 radical (unpaired) electrons. The molecule has 0 unspecified atom stereocenters. The average Bonchev–Trinajstić information content (AvgIpc) is 3.47. The lowest BCUT2D eigenvalue weighted by molar-refractivity contribution is -0.137. The van der Waals surface area contributed by atoms with E-state index in [0.29, 0.717) is 44.0 Å². The van der Waals surface area contributed by atoms with Crippen molar-refractivity contribution in [1.82, 2.24) is 9.78 Å². The first kappa shape index (κ1) is 23.6. The number of rotatable bonds is 5. The first-order chi connectivity index (χ1) is 17.2. The van der Waals surface area contributed by atoms with Gasteiger partial charge < -0.3 is 5.73 Å². The summed E-state index contributed by atoms with van der Waals surface area (Å²) in [5, 5.41) is 4.69. The van der Waals surface area contributed by atoms with Gasteiger partial charge in [-0.2, -0.15) is 18.3 Å². The number of anilines is 2. The fourth-order valence-electron chi connectivity index (χ4n) is 4.37. The highest BCUT2D eigenvalue weighted by molar-refractivity contribution is 6.11. The van der Waals surface area contributed by atoms with Crippen molar-refractivity contribution in [2.45, 2.75) is 26.1 Å². The zero-order valence-electron chi connectivity index (χ0n) is 19.5. The lowest BCUT2D eigenvalue weighted by Gasteiger charge is -2.20. The number of urea groups is 1. The molecule has 0 spiro atoms. The van der Waals surface area contributed by atoms with Crippen molar-refractivity contribution in [3.8, 4) is 11.1 Å². The maximum absolute atomic E-state index is 13.2. The van der Waals surface area contributed by atoms with Gasteiger partial charge >= 0.3 is 12.2 Å². The molecule has 5 rings (SSSR count). The van der Waals surface area contributed by atoms with Gasteiger partial charge in [0.15, 0.2) is 0 Å². The normalized spacial score (nSPS) is 16.4. The highest BCUT2D eigenvalue weighted by Gasteiger charge is 2.33. The number of guanidine groups is 1. The Morgan fingerprint density at radius 3 is 2.42 bits per heavy atom. The maximum Gasteiger partial charge on any atom is 0.416 e. The first-order valence-electron chi connectivity index (χ1n) is 11.6. The van der Waals surface area contributed by atoms with Crippen LogP contribution in [-0.4, -0.2) is 47.1 Å². The molecule has 3 heterocycles. The number of nitrogens with two attached hydrogens (primary N) is 1.